The van der Waals surface area contributed by atoms with Crippen LogP contribution in [0.3, 0.4) is 0 Å². The van der Waals surface area contributed by atoms with Gasteiger partial charge in [0.2, 0.25) is 0 Å². The van der Waals surface area contributed by atoms with Gasteiger partial charge in [-0.1, -0.05) is 272 Å². The number of anilines is 3. The van der Waals surface area contributed by atoms with Crippen LogP contribution in [0.4, 0.5) is 17.1 Å². The number of carbonyl (C=O) groups is 1. The number of aryl methyl sites for hydroxylation is 1. The second-order valence-electron chi connectivity index (χ2n) is 37.4. The van der Waals surface area contributed by atoms with Crippen molar-refractivity contribution in [1.82, 2.24) is 32.0 Å². The van der Waals surface area contributed by atoms with E-state index in [1.165, 1.54) is 148 Å². The SMILES string of the molecule is CC(C)(C)c1ccc(N(c2cccc(-n3c4ccccc4c4cc5c(ccn5-c5ccccc5)cc43)c2)c2ccc3c(c2)c2ccccc2n3-c2ccc(C(C)(C)C)cc2)cc1.Cc1ccc(C(=O)n2c3ccccc3c3cc4c(ccn4-c4ccccc4)cc32)cc1.c1ccc(-n2ccc3c4c5ccccc5n(-c5ccc6c7ccccc7c7ccccc7c6c5)c4ccc32)cc1. The summed E-state index contributed by atoms with van der Waals surface area (Å²) in [5.41, 5.74) is 27.5. The Bertz CT molecular complexity index is 9060. The Morgan fingerprint density at radius 1 is 0.226 bits per heavy atom. The van der Waals surface area contributed by atoms with Gasteiger partial charge >= 0.3 is 0 Å². The zero-order chi connectivity index (χ0) is 89.5. The van der Waals surface area contributed by atoms with Crippen LogP contribution in [0.25, 0.3) is 186 Å². The van der Waals surface area contributed by atoms with Gasteiger partial charge < -0.3 is 32.3 Å². The Kier molecular flexibility index (Phi) is 18.9. The maximum atomic E-state index is 13.6. The number of rotatable bonds is 10. The number of hydrogen-bond acceptors (Lipinski definition) is 2. The molecule has 0 aliphatic carbocycles. The first-order chi connectivity index (χ1) is 65.1. The molecule has 0 radical (unpaired) electrons. The molecule has 26 aromatic rings. The summed E-state index contributed by atoms with van der Waals surface area (Å²) >= 11 is 0. The van der Waals surface area contributed by atoms with E-state index >= 15 is 0 Å². The number of hydrogen-bond donors (Lipinski definition) is 0. The molecule has 0 N–H and O–H groups in total. The average molecular weight is 1710 g/mol. The molecule has 0 amide bonds. The van der Waals surface area contributed by atoms with Crippen molar-refractivity contribution in [3.05, 3.63) is 465 Å². The van der Waals surface area contributed by atoms with Crippen molar-refractivity contribution in [1.29, 1.82) is 0 Å². The summed E-state index contributed by atoms with van der Waals surface area (Å²) in [5, 5.41) is 21.0. The number of para-hydroxylation sites is 7. The molecule has 0 saturated heterocycles. The molecule has 7 aromatic heterocycles. The van der Waals surface area contributed by atoms with Gasteiger partial charge in [0, 0.05) is 135 Å². The minimum Gasteiger partial charge on any atom is -0.317 e. The molecule has 0 bridgehead atoms. The van der Waals surface area contributed by atoms with Gasteiger partial charge in [0.25, 0.3) is 5.91 Å². The molecule has 133 heavy (non-hydrogen) atoms. The largest absolute Gasteiger partial charge is 0.317 e. The van der Waals surface area contributed by atoms with Crippen LogP contribution in [0.2, 0.25) is 0 Å². The molecule has 0 aliphatic rings. The van der Waals surface area contributed by atoms with E-state index in [4.69, 9.17) is 0 Å². The molecule has 9 heteroatoms. The van der Waals surface area contributed by atoms with Crippen molar-refractivity contribution in [2.45, 2.75) is 59.3 Å². The second kappa shape index (κ2) is 31.6. The molecule has 19 aromatic carbocycles. The van der Waals surface area contributed by atoms with E-state index in [-0.39, 0.29) is 16.7 Å². The molecule has 0 spiro atoms. The first kappa shape index (κ1) is 79.6. The van der Waals surface area contributed by atoms with Gasteiger partial charge in [-0.2, -0.15) is 0 Å². The number of fused-ring (bicyclic) bond motifs is 22. The summed E-state index contributed by atoms with van der Waals surface area (Å²) in [5.74, 6) is -0.00644. The first-order valence-electron chi connectivity index (χ1n) is 46.0. The minimum atomic E-state index is -0.00644. The fourth-order valence-electron chi connectivity index (χ4n) is 20.8. The van der Waals surface area contributed by atoms with Crippen LogP contribution in [0.1, 0.15) is 68.6 Å². The third kappa shape index (κ3) is 13.5. The summed E-state index contributed by atoms with van der Waals surface area (Å²) in [6.45, 7) is 15.7. The van der Waals surface area contributed by atoms with E-state index in [0.29, 0.717) is 5.56 Å². The third-order valence-electron chi connectivity index (χ3n) is 27.3. The lowest BCUT2D eigenvalue weighted by molar-refractivity contribution is 0.0969. The Hall–Kier alpha value is -16.8. The monoisotopic (exact) mass is 1710 g/mol. The van der Waals surface area contributed by atoms with Crippen LogP contribution in [0.15, 0.2) is 443 Å². The highest BCUT2D eigenvalue weighted by atomic mass is 16.2. The van der Waals surface area contributed by atoms with Crippen molar-refractivity contribution in [2.75, 3.05) is 4.90 Å². The Morgan fingerprint density at radius 2 is 0.602 bits per heavy atom. The quantitative estimate of drug-likeness (QED) is 0.128. The number of aromatic nitrogens is 7. The fraction of sp³-hybridized carbons (Fsp3) is 0.0726. The number of benzene rings is 19. The van der Waals surface area contributed by atoms with Crippen LogP contribution in [0.5, 0.6) is 0 Å². The normalized spacial score (nSPS) is 12.1. The molecule has 26 rings (SSSR count). The van der Waals surface area contributed by atoms with E-state index in [2.05, 4.69) is 456 Å². The molecule has 0 atom stereocenters. The predicted molar refractivity (Wildman–Crippen MR) is 561 cm³/mol. The lowest BCUT2D eigenvalue weighted by Gasteiger charge is -2.27. The molecule has 9 nitrogen and oxygen atoms in total. The van der Waals surface area contributed by atoms with Crippen LogP contribution in [0, 0.1) is 6.92 Å². The Balaban J connectivity index is 0.000000118. The lowest BCUT2D eigenvalue weighted by Crippen LogP contribution is -2.13. The molecule has 636 valence electrons. The molecule has 7 heterocycles. The van der Waals surface area contributed by atoms with Crippen LogP contribution in [-0.2, 0) is 10.8 Å². The zero-order valence-corrected chi connectivity index (χ0v) is 75.1. The Labute approximate surface area is 770 Å². The van der Waals surface area contributed by atoms with Gasteiger partial charge in [-0.15, -0.1) is 0 Å². The van der Waals surface area contributed by atoms with Crippen molar-refractivity contribution in [3.8, 4) is 34.1 Å². The van der Waals surface area contributed by atoms with Crippen LogP contribution < -0.4 is 4.90 Å². The first-order valence-corrected chi connectivity index (χ1v) is 46.0. The molecule has 0 aliphatic heterocycles. The van der Waals surface area contributed by atoms with Crippen molar-refractivity contribution >= 4 is 175 Å². The van der Waals surface area contributed by atoms with E-state index in [1.54, 1.807) is 0 Å². The summed E-state index contributed by atoms with van der Waals surface area (Å²) in [6.07, 6.45) is 6.47. The molecular weight excluding hydrogens is 1620 g/mol. The maximum Gasteiger partial charge on any atom is 0.262 e. The van der Waals surface area contributed by atoms with Gasteiger partial charge in [0.15, 0.2) is 0 Å². The topological polar surface area (TPSA) is 54.8 Å². The van der Waals surface area contributed by atoms with Crippen molar-refractivity contribution < 1.29 is 4.79 Å². The minimum absolute atomic E-state index is 0.00644. The van der Waals surface area contributed by atoms with Gasteiger partial charge in [0.05, 0.1) is 60.7 Å². The highest BCUT2D eigenvalue weighted by molar-refractivity contribution is 6.27. The van der Waals surface area contributed by atoms with Gasteiger partial charge in [-0.25, -0.2) is 0 Å². The van der Waals surface area contributed by atoms with Crippen LogP contribution >= 0.6 is 0 Å². The predicted octanol–water partition coefficient (Wildman–Crippen LogP) is 32.8. The molecular formula is C124H94N8O. The number of carbonyl (C=O) groups excluding carboxylic acids is 1. The second-order valence-corrected chi connectivity index (χ2v) is 37.4. The maximum absolute atomic E-state index is 13.6. The van der Waals surface area contributed by atoms with Crippen molar-refractivity contribution in [3.63, 3.8) is 0 Å². The summed E-state index contributed by atoms with van der Waals surface area (Å²) in [6, 6.07) is 153. The van der Waals surface area contributed by atoms with E-state index in [0.717, 1.165) is 72.4 Å². The van der Waals surface area contributed by atoms with Gasteiger partial charge in [0.1, 0.15) is 0 Å². The van der Waals surface area contributed by atoms with E-state index in [1.807, 2.05) is 72.2 Å². The smallest absolute Gasteiger partial charge is 0.262 e. The van der Waals surface area contributed by atoms with Crippen molar-refractivity contribution in [2.24, 2.45) is 0 Å². The summed E-state index contributed by atoms with van der Waals surface area (Å²) in [4.78, 5) is 16.0. The highest BCUT2D eigenvalue weighted by Gasteiger charge is 2.26. The Morgan fingerprint density at radius 3 is 1.17 bits per heavy atom. The lowest BCUT2D eigenvalue weighted by atomic mass is 9.87. The summed E-state index contributed by atoms with van der Waals surface area (Å²) in [7, 11) is 0. The van der Waals surface area contributed by atoms with Crippen LogP contribution in [-0.4, -0.2) is 37.9 Å². The average Bonchev–Trinajstić information content (AvgIpc) is 1.62. The molecule has 0 saturated carbocycles. The summed E-state index contributed by atoms with van der Waals surface area (Å²) < 4.78 is 15.9. The fourth-order valence-corrected chi connectivity index (χ4v) is 20.8. The number of nitrogens with zero attached hydrogens (tertiary/aromatic N) is 8. The van der Waals surface area contributed by atoms with E-state index in [9.17, 15) is 4.79 Å². The van der Waals surface area contributed by atoms with E-state index < -0.39 is 0 Å². The highest BCUT2D eigenvalue weighted by Crippen LogP contribution is 2.47. The zero-order valence-electron chi connectivity index (χ0n) is 75.1. The third-order valence-corrected chi connectivity index (χ3v) is 27.3. The molecule has 0 fully saturated rings. The van der Waals surface area contributed by atoms with Gasteiger partial charge in [-0.3, -0.25) is 9.36 Å². The standard InChI is InChI=1S/C58H50N4.C38H24N2.C28H20N2O/c1-57(2,3)40-23-27-43(28-24-40)60(47-31-32-54-50(37-47)48-19-10-12-21-52(48)61(54)44-29-25-41(26-30-44)58(4,5)6)45-17-14-18-46(36-45)62-53-22-13-11-20-49(53)51-38-55-39(35-56(51)62)33-34-59(55)42-15-8-7-9-16-42;1-2-10-25(11-3-1)39-23-22-33-35(39)20-21-37-38(33)32-16-8-9-17-36(32)40(37)26-18-19-31-29-14-5-4-12-27(29)28-13-6-7-15-30(28)34(31)24-26;1-19-11-13-20(14-12-19)28(31)30-25-10-6-5-9-23(25)24-18-26-21(17-27(24)30)15-16-29(26)22-7-3-2-4-8-22/h7-38H,1-6H3;1-24H;2-18H,1H3. The van der Waals surface area contributed by atoms with Gasteiger partial charge in [-0.05, 0) is 261 Å². The molecule has 0 unspecified atom stereocenters.